The van der Waals surface area contributed by atoms with Gasteiger partial charge in [-0.15, -0.1) is 0 Å². The van der Waals surface area contributed by atoms with Gasteiger partial charge in [-0.3, -0.25) is 4.79 Å². The van der Waals surface area contributed by atoms with E-state index in [1.807, 2.05) is 6.92 Å². The van der Waals surface area contributed by atoms with Crippen molar-refractivity contribution in [3.05, 3.63) is 11.8 Å². The van der Waals surface area contributed by atoms with Crippen molar-refractivity contribution in [3.8, 4) is 0 Å². The summed E-state index contributed by atoms with van der Waals surface area (Å²) in [6, 6.07) is 0. The first kappa shape index (κ1) is 21.5. The molecular weight excluding hydrogens is 373 g/mol. The minimum absolute atomic E-state index is 0.0187. The second kappa shape index (κ2) is 9.06. The zero-order valence-corrected chi connectivity index (χ0v) is 16.6. The highest BCUT2D eigenvalue weighted by atomic mass is 19.4. The zero-order valence-electron chi connectivity index (χ0n) is 16.6. The molecule has 0 spiro atoms. The molecule has 2 aliphatic heterocycles. The van der Waals surface area contributed by atoms with Gasteiger partial charge in [0.2, 0.25) is 0 Å². The third-order valence-electron chi connectivity index (χ3n) is 6.24. The van der Waals surface area contributed by atoms with E-state index in [-0.39, 0.29) is 24.7 Å². The van der Waals surface area contributed by atoms with Gasteiger partial charge in [0.25, 0.3) is 0 Å². The molecule has 3 aliphatic rings. The standard InChI is InChI=1S/C21H31F3O4/c1-2-3-7-15(21(22,23)24)10-11-17(27-19-9-4-5-13-26-19)20-12-6-8-16(20)14-18(25)28-20/h11,15-16,19H,2-10,12-14H2,1H3/t15-,16-,19?,20+/m0/s1. The van der Waals surface area contributed by atoms with Crippen molar-refractivity contribution in [2.75, 3.05) is 6.61 Å². The van der Waals surface area contributed by atoms with E-state index in [4.69, 9.17) is 14.2 Å². The first-order valence-corrected chi connectivity index (χ1v) is 10.6. The maximum atomic E-state index is 13.5. The molecule has 0 N–H and O–H groups in total. The third kappa shape index (κ3) is 4.84. The minimum Gasteiger partial charge on any atom is -0.465 e. The van der Waals surface area contributed by atoms with E-state index in [1.54, 1.807) is 6.08 Å². The van der Waals surface area contributed by atoms with Crippen molar-refractivity contribution in [2.45, 2.75) is 95.6 Å². The number of alkyl halides is 3. The number of unbranched alkanes of at least 4 members (excludes halogenated alkanes) is 1. The topological polar surface area (TPSA) is 44.8 Å². The fraction of sp³-hybridized carbons (Fsp3) is 0.857. The van der Waals surface area contributed by atoms with Crippen molar-refractivity contribution in [1.29, 1.82) is 0 Å². The Balaban J connectivity index is 1.82. The van der Waals surface area contributed by atoms with Gasteiger partial charge in [-0.1, -0.05) is 19.8 Å². The number of carbonyl (C=O) groups excluding carboxylic acids is 1. The molecule has 7 heteroatoms. The molecule has 0 radical (unpaired) electrons. The molecule has 0 aromatic heterocycles. The normalized spacial score (nSPS) is 32.1. The van der Waals surface area contributed by atoms with E-state index in [0.717, 1.165) is 32.1 Å². The number of fused-ring (bicyclic) bond motifs is 1. The van der Waals surface area contributed by atoms with Gasteiger partial charge in [-0.25, -0.2) is 0 Å². The van der Waals surface area contributed by atoms with Gasteiger partial charge >= 0.3 is 12.1 Å². The summed E-state index contributed by atoms with van der Waals surface area (Å²) in [6.07, 6.45) is 3.24. The molecule has 160 valence electrons. The molecule has 28 heavy (non-hydrogen) atoms. The number of ether oxygens (including phenoxy) is 3. The number of esters is 1. The highest BCUT2D eigenvalue weighted by Crippen LogP contribution is 2.51. The van der Waals surface area contributed by atoms with Gasteiger partial charge in [0.15, 0.2) is 11.9 Å². The first-order valence-electron chi connectivity index (χ1n) is 10.6. The Hall–Kier alpha value is -1.24. The van der Waals surface area contributed by atoms with Crippen LogP contribution in [0.5, 0.6) is 0 Å². The Morgan fingerprint density at radius 2 is 2.14 bits per heavy atom. The van der Waals surface area contributed by atoms with Crippen molar-refractivity contribution in [1.82, 2.24) is 0 Å². The molecule has 2 saturated heterocycles. The number of allylic oxidation sites excluding steroid dienone is 1. The molecule has 4 atom stereocenters. The quantitative estimate of drug-likeness (QED) is 0.387. The maximum absolute atomic E-state index is 13.5. The van der Waals surface area contributed by atoms with E-state index in [9.17, 15) is 18.0 Å². The smallest absolute Gasteiger partial charge is 0.392 e. The summed E-state index contributed by atoms with van der Waals surface area (Å²) in [5, 5.41) is 0. The molecule has 4 nitrogen and oxygen atoms in total. The van der Waals surface area contributed by atoms with Crippen molar-refractivity contribution in [3.63, 3.8) is 0 Å². The van der Waals surface area contributed by atoms with Crippen LogP contribution in [0.2, 0.25) is 0 Å². The molecule has 0 aromatic rings. The van der Waals surface area contributed by atoms with E-state index >= 15 is 0 Å². The first-order chi connectivity index (χ1) is 13.3. The summed E-state index contributed by atoms with van der Waals surface area (Å²) >= 11 is 0. The van der Waals surface area contributed by atoms with Gasteiger partial charge in [-0.05, 0) is 51.0 Å². The summed E-state index contributed by atoms with van der Waals surface area (Å²) in [5.41, 5.74) is -0.904. The van der Waals surface area contributed by atoms with E-state index in [2.05, 4.69) is 0 Å². The van der Waals surface area contributed by atoms with Gasteiger partial charge < -0.3 is 14.2 Å². The Labute approximate surface area is 164 Å². The summed E-state index contributed by atoms with van der Waals surface area (Å²) < 4.78 is 57.9. The third-order valence-corrected chi connectivity index (χ3v) is 6.24. The second-order valence-electron chi connectivity index (χ2n) is 8.26. The Kier molecular flexibility index (Phi) is 6.94. The molecule has 3 rings (SSSR count). The molecule has 0 amide bonds. The summed E-state index contributed by atoms with van der Waals surface area (Å²) in [5.74, 6) is -1.33. The molecule has 3 fully saturated rings. The highest BCUT2D eigenvalue weighted by molar-refractivity contribution is 5.74. The summed E-state index contributed by atoms with van der Waals surface area (Å²) in [7, 11) is 0. The van der Waals surface area contributed by atoms with Crippen LogP contribution in [0.4, 0.5) is 13.2 Å². The van der Waals surface area contributed by atoms with Crippen molar-refractivity contribution in [2.24, 2.45) is 11.8 Å². The minimum atomic E-state index is -4.25. The number of hydrogen-bond acceptors (Lipinski definition) is 4. The van der Waals surface area contributed by atoms with Crippen LogP contribution in [0.3, 0.4) is 0 Å². The Morgan fingerprint density at radius 3 is 2.82 bits per heavy atom. The van der Waals surface area contributed by atoms with Crippen LogP contribution in [0, 0.1) is 11.8 Å². The average Bonchev–Trinajstić information content (AvgIpc) is 3.17. The fourth-order valence-corrected chi connectivity index (χ4v) is 4.65. The molecule has 1 aliphatic carbocycles. The Bertz CT molecular complexity index is 568. The molecule has 0 bridgehead atoms. The lowest BCUT2D eigenvalue weighted by Crippen LogP contribution is -2.38. The summed E-state index contributed by atoms with van der Waals surface area (Å²) in [4.78, 5) is 12.0. The van der Waals surface area contributed by atoms with E-state index in [1.165, 1.54) is 0 Å². The number of halogens is 3. The van der Waals surface area contributed by atoms with Crippen molar-refractivity contribution >= 4 is 5.97 Å². The zero-order chi connectivity index (χ0) is 20.2. The average molecular weight is 404 g/mol. The van der Waals surface area contributed by atoms with E-state index < -0.39 is 24.0 Å². The lowest BCUT2D eigenvalue weighted by atomic mass is 9.87. The molecule has 1 saturated carbocycles. The largest absolute Gasteiger partial charge is 0.465 e. The highest BCUT2D eigenvalue weighted by Gasteiger charge is 2.56. The monoisotopic (exact) mass is 404 g/mol. The van der Waals surface area contributed by atoms with Crippen LogP contribution >= 0.6 is 0 Å². The SMILES string of the molecule is CCCC[C@@H](CC=C(OC1CCCCO1)[C@@]12CCC[C@H]1CC(=O)O2)C(F)(F)F. The van der Waals surface area contributed by atoms with Gasteiger partial charge in [0.1, 0.15) is 5.76 Å². The van der Waals surface area contributed by atoms with Crippen molar-refractivity contribution < 1.29 is 32.2 Å². The molecule has 1 unspecified atom stereocenters. The lowest BCUT2D eigenvalue weighted by Gasteiger charge is -2.34. The van der Waals surface area contributed by atoms with E-state index in [0.29, 0.717) is 38.0 Å². The predicted molar refractivity (Wildman–Crippen MR) is 97.2 cm³/mol. The molecule has 2 heterocycles. The fourth-order valence-electron chi connectivity index (χ4n) is 4.65. The van der Waals surface area contributed by atoms with Gasteiger partial charge in [0.05, 0.1) is 18.9 Å². The van der Waals surface area contributed by atoms with Crippen LogP contribution in [0.1, 0.15) is 77.6 Å². The van der Waals surface area contributed by atoms with Crippen LogP contribution < -0.4 is 0 Å². The van der Waals surface area contributed by atoms with Crippen LogP contribution in [-0.2, 0) is 19.0 Å². The Morgan fingerprint density at radius 1 is 1.32 bits per heavy atom. The lowest BCUT2D eigenvalue weighted by molar-refractivity contribution is -0.178. The predicted octanol–water partition coefficient (Wildman–Crippen LogP) is 5.66. The van der Waals surface area contributed by atoms with Gasteiger partial charge in [0, 0.05) is 12.3 Å². The number of hydrogen-bond donors (Lipinski definition) is 0. The van der Waals surface area contributed by atoms with Crippen LogP contribution in [0.25, 0.3) is 0 Å². The summed E-state index contributed by atoms with van der Waals surface area (Å²) in [6.45, 7) is 2.47. The van der Waals surface area contributed by atoms with Gasteiger partial charge in [-0.2, -0.15) is 13.2 Å². The van der Waals surface area contributed by atoms with Crippen LogP contribution in [-0.4, -0.2) is 30.6 Å². The van der Waals surface area contributed by atoms with Crippen LogP contribution in [0.15, 0.2) is 11.8 Å². The number of carbonyl (C=O) groups is 1. The maximum Gasteiger partial charge on any atom is 0.392 e. The molecular formula is C21H31F3O4. The molecule has 0 aromatic carbocycles. The number of rotatable bonds is 8. The second-order valence-corrected chi connectivity index (χ2v) is 8.26.